The molecule has 2 aromatic rings. The number of likely N-dealkylation sites (tertiary alicyclic amines) is 1. The third-order valence-corrected chi connectivity index (χ3v) is 3.59. The molecular formula is C13H17N5O. The van der Waals surface area contributed by atoms with Crippen LogP contribution in [0.3, 0.4) is 0 Å². The average Bonchev–Trinajstić information content (AvgIpc) is 3.02. The van der Waals surface area contributed by atoms with Gasteiger partial charge in [-0.1, -0.05) is 0 Å². The van der Waals surface area contributed by atoms with Crippen LogP contribution >= 0.6 is 0 Å². The third kappa shape index (κ3) is 2.25. The number of rotatable bonds is 4. The fraction of sp³-hybridized carbons (Fsp3) is 0.462. The molecule has 0 saturated carbocycles. The van der Waals surface area contributed by atoms with Crippen LogP contribution in [0.4, 0.5) is 5.82 Å². The zero-order valence-electron chi connectivity index (χ0n) is 10.9. The van der Waals surface area contributed by atoms with Crippen molar-refractivity contribution in [2.45, 2.75) is 13.3 Å². The van der Waals surface area contributed by atoms with Gasteiger partial charge in [-0.3, -0.25) is 4.79 Å². The van der Waals surface area contributed by atoms with Crippen molar-refractivity contribution in [2.24, 2.45) is 5.92 Å². The second kappa shape index (κ2) is 4.87. The monoisotopic (exact) mass is 259 g/mol. The predicted octanol–water partition coefficient (Wildman–Crippen LogP) is 1.24. The molecule has 1 unspecified atom stereocenters. The highest BCUT2D eigenvalue weighted by atomic mass is 16.2. The smallest absolute Gasteiger partial charge is 0.222 e. The number of hydrogen-bond donors (Lipinski definition) is 2. The maximum absolute atomic E-state index is 11.7. The van der Waals surface area contributed by atoms with E-state index in [1.807, 2.05) is 24.1 Å². The highest BCUT2D eigenvalue weighted by molar-refractivity contribution is 5.86. The second-order valence-electron chi connectivity index (χ2n) is 4.85. The summed E-state index contributed by atoms with van der Waals surface area (Å²) in [7, 11) is 0. The van der Waals surface area contributed by atoms with Gasteiger partial charge in [0.25, 0.3) is 0 Å². The number of aromatic nitrogens is 3. The Bertz CT molecular complexity index is 593. The normalized spacial score (nSPS) is 19.3. The fourth-order valence-electron chi connectivity index (χ4n) is 2.55. The SMILES string of the molecule is CCN1CC(CNc2ncnc3[nH]ccc23)CC1=O. The van der Waals surface area contributed by atoms with E-state index in [1.165, 1.54) is 0 Å². The Kier molecular flexibility index (Phi) is 3.06. The molecule has 2 aromatic heterocycles. The summed E-state index contributed by atoms with van der Waals surface area (Å²) in [5, 5.41) is 4.32. The van der Waals surface area contributed by atoms with Crippen LogP contribution in [0.2, 0.25) is 0 Å². The number of carbonyl (C=O) groups excluding carboxylic acids is 1. The first-order valence-corrected chi connectivity index (χ1v) is 6.57. The van der Waals surface area contributed by atoms with Gasteiger partial charge >= 0.3 is 0 Å². The zero-order valence-corrected chi connectivity index (χ0v) is 10.9. The van der Waals surface area contributed by atoms with Gasteiger partial charge in [0.05, 0.1) is 5.39 Å². The van der Waals surface area contributed by atoms with E-state index >= 15 is 0 Å². The van der Waals surface area contributed by atoms with Crippen molar-refractivity contribution in [1.82, 2.24) is 19.9 Å². The predicted molar refractivity (Wildman–Crippen MR) is 72.7 cm³/mol. The molecule has 6 heteroatoms. The van der Waals surface area contributed by atoms with Crippen molar-refractivity contribution in [1.29, 1.82) is 0 Å². The summed E-state index contributed by atoms with van der Waals surface area (Å²) < 4.78 is 0. The molecule has 1 aliphatic heterocycles. The number of nitrogens with one attached hydrogen (secondary N) is 2. The minimum atomic E-state index is 0.253. The topological polar surface area (TPSA) is 73.9 Å². The maximum atomic E-state index is 11.7. The van der Waals surface area contributed by atoms with E-state index in [2.05, 4.69) is 20.3 Å². The molecule has 3 rings (SSSR count). The maximum Gasteiger partial charge on any atom is 0.222 e. The van der Waals surface area contributed by atoms with Crippen molar-refractivity contribution >= 4 is 22.8 Å². The summed E-state index contributed by atoms with van der Waals surface area (Å²) in [5.41, 5.74) is 0.829. The fourth-order valence-corrected chi connectivity index (χ4v) is 2.55. The van der Waals surface area contributed by atoms with Crippen LogP contribution in [0.25, 0.3) is 11.0 Å². The summed E-state index contributed by atoms with van der Waals surface area (Å²) in [6, 6.07) is 1.95. The van der Waals surface area contributed by atoms with Crippen molar-refractivity contribution in [3.63, 3.8) is 0 Å². The van der Waals surface area contributed by atoms with Crippen molar-refractivity contribution in [2.75, 3.05) is 25.0 Å². The molecular weight excluding hydrogens is 242 g/mol. The third-order valence-electron chi connectivity index (χ3n) is 3.59. The lowest BCUT2D eigenvalue weighted by atomic mass is 10.1. The van der Waals surface area contributed by atoms with E-state index < -0.39 is 0 Å². The first kappa shape index (κ1) is 12.0. The number of fused-ring (bicyclic) bond motifs is 1. The molecule has 0 spiro atoms. The van der Waals surface area contributed by atoms with Gasteiger partial charge in [0, 0.05) is 38.2 Å². The average molecular weight is 259 g/mol. The molecule has 100 valence electrons. The largest absolute Gasteiger partial charge is 0.369 e. The van der Waals surface area contributed by atoms with Gasteiger partial charge in [0.1, 0.15) is 17.8 Å². The van der Waals surface area contributed by atoms with Crippen LogP contribution in [-0.4, -0.2) is 45.4 Å². The highest BCUT2D eigenvalue weighted by Crippen LogP contribution is 2.21. The summed E-state index contributed by atoms with van der Waals surface area (Å²) >= 11 is 0. The molecule has 0 aliphatic carbocycles. The Labute approximate surface area is 111 Å². The molecule has 0 aromatic carbocycles. The van der Waals surface area contributed by atoms with E-state index in [0.29, 0.717) is 12.3 Å². The van der Waals surface area contributed by atoms with Gasteiger partial charge in [0.2, 0.25) is 5.91 Å². The molecule has 1 atom stereocenters. The Hall–Kier alpha value is -2.11. The number of hydrogen-bond acceptors (Lipinski definition) is 4. The number of anilines is 1. The summed E-state index contributed by atoms with van der Waals surface area (Å²) in [5.74, 6) is 1.44. The number of H-pyrrole nitrogens is 1. The van der Waals surface area contributed by atoms with E-state index in [1.54, 1.807) is 6.33 Å². The van der Waals surface area contributed by atoms with E-state index in [-0.39, 0.29) is 5.91 Å². The molecule has 6 nitrogen and oxygen atoms in total. The van der Waals surface area contributed by atoms with Gasteiger partial charge in [-0.15, -0.1) is 0 Å². The van der Waals surface area contributed by atoms with Crippen molar-refractivity contribution in [3.05, 3.63) is 18.6 Å². The Balaban J connectivity index is 1.67. The van der Waals surface area contributed by atoms with Crippen LogP contribution in [0.1, 0.15) is 13.3 Å². The second-order valence-corrected chi connectivity index (χ2v) is 4.85. The Morgan fingerprint density at radius 3 is 3.21 bits per heavy atom. The van der Waals surface area contributed by atoms with Gasteiger partial charge in [-0.2, -0.15) is 0 Å². The van der Waals surface area contributed by atoms with Crippen molar-refractivity contribution < 1.29 is 4.79 Å². The molecule has 1 fully saturated rings. The molecule has 2 N–H and O–H groups in total. The van der Waals surface area contributed by atoms with Gasteiger partial charge in [0.15, 0.2) is 0 Å². The van der Waals surface area contributed by atoms with Crippen LogP contribution in [0.15, 0.2) is 18.6 Å². The first-order valence-electron chi connectivity index (χ1n) is 6.57. The lowest BCUT2D eigenvalue weighted by Gasteiger charge is -2.14. The van der Waals surface area contributed by atoms with Gasteiger partial charge in [-0.05, 0) is 13.0 Å². The quantitative estimate of drug-likeness (QED) is 0.866. The Morgan fingerprint density at radius 1 is 1.53 bits per heavy atom. The van der Waals surface area contributed by atoms with Crippen LogP contribution < -0.4 is 5.32 Å². The molecule has 1 amide bonds. The number of carbonyl (C=O) groups is 1. The van der Waals surface area contributed by atoms with Crippen LogP contribution in [0.5, 0.6) is 0 Å². The number of aromatic amines is 1. The molecule has 3 heterocycles. The minimum Gasteiger partial charge on any atom is -0.369 e. The molecule has 19 heavy (non-hydrogen) atoms. The van der Waals surface area contributed by atoms with E-state index in [9.17, 15) is 4.79 Å². The number of amides is 1. The lowest BCUT2D eigenvalue weighted by Crippen LogP contribution is -2.25. The van der Waals surface area contributed by atoms with E-state index in [4.69, 9.17) is 0 Å². The zero-order chi connectivity index (χ0) is 13.2. The van der Waals surface area contributed by atoms with Crippen molar-refractivity contribution in [3.8, 4) is 0 Å². The summed E-state index contributed by atoms with van der Waals surface area (Å²) in [6.07, 6.45) is 4.02. The molecule has 1 aliphatic rings. The van der Waals surface area contributed by atoms with Gasteiger partial charge in [-0.25, -0.2) is 9.97 Å². The number of nitrogens with zero attached hydrogens (tertiary/aromatic N) is 3. The molecule has 0 radical (unpaired) electrons. The first-order chi connectivity index (χ1) is 9.28. The standard InChI is InChI=1S/C13H17N5O/c1-2-18-7-9(5-11(18)19)6-15-13-10-3-4-14-12(10)16-8-17-13/h3-4,8-9H,2,5-7H2,1H3,(H2,14,15,16,17). The highest BCUT2D eigenvalue weighted by Gasteiger charge is 2.28. The van der Waals surface area contributed by atoms with Crippen LogP contribution in [0, 0.1) is 5.92 Å². The van der Waals surface area contributed by atoms with Gasteiger partial charge < -0.3 is 15.2 Å². The molecule has 0 bridgehead atoms. The Morgan fingerprint density at radius 2 is 2.42 bits per heavy atom. The summed E-state index contributed by atoms with van der Waals surface area (Å²) in [6.45, 7) is 4.41. The molecule has 1 saturated heterocycles. The summed E-state index contributed by atoms with van der Waals surface area (Å²) in [4.78, 5) is 25.0. The van der Waals surface area contributed by atoms with E-state index in [0.717, 1.165) is 36.5 Å². The minimum absolute atomic E-state index is 0.253. The lowest BCUT2D eigenvalue weighted by molar-refractivity contribution is -0.127. The van der Waals surface area contributed by atoms with Crippen LogP contribution in [-0.2, 0) is 4.79 Å².